The van der Waals surface area contributed by atoms with Gasteiger partial charge in [-0.25, -0.2) is 0 Å². The molecule has 1 heteroatoms. The molecule has 0 unspecified atom stereocenters. The van der Waals surface area contributed by atoms with Crippen LogP contribution < -0.4 is 0 Å². The number of allylic oxidation sites excluding steroid dienone is 3. The highest BCUT2D eigenvalue weighted by molar-refractivity contribution is 5.98. The molecule has 0 saturated heterocycles. The number of Topliss-reactive ketones (excluding diaryl/α,β-unsaturated/α-hetero) is 1. The molecule has 0 aliphatic heterocycles. The predicted molar refractivity (Wildman–Crippen MR) is 159 cm³/mol. The first kappa shape index (κ1) is 29.4. The lowest BCUT2D eigenvalue weighted by Crippen LogP contribution is -2.15. The third kappa shape index (κ3) is 8.98. The van der Waals surface area contributed by atoms with E-state index in [1.165, 1.54) is 43.2 Å². The van der Waals surface area contributed by atoms with Crippen LogP contribution in [0.2, 0.25) is 0 Å². The van der Waals surface area contributed by atoms with Crippen molar-refractivity contribution in [1.82, 2.24) is 0 Å². The molecule has 0 radical (unpaired) electrons. The van der Waals surface area contributed by atoms with Crippen LogP contribution in [-0.4, -0.2) is 5.78 Å². The molecule has 1 aliphatic rings. The number of hydrogen-bond donors (Lipinski definition) is 0. The Bertz CT molecular complexity index is 1100. The van der Waals surface area contributed by atoms with Crippen LogP contribution in [0.4, 0.5) is 0 Å². The van der Waals surface area contributed by atoms with Gasteiger partial charge in [0.2, 0.25) is 0 Å². The molecule has 0 N–H and O–H groups in total. The normalized spacial score (nSPS) is 17.1. The number of aryl methyl sites for hydroxylation is 2. The highest BCUT2D eigenvalue weighted by atomic mass is 16.1. The van der Waals surface area contributed by atoms with Crippen LogP contribution in [0.15, 0.2) is 60.7 Å². The minimum absolute atomic E-state index is 0. The Morgan fingerprint density at radius 1 is 1.08 bits per heavy atom. The smallest absolute Gasteiger partial charge is 0.167 e. The van der Waals surface area contributed by atoms with Gasteiger partial charge >= 0.3 is 0 Å². The van der Waals surface area contributed by atoms with Gasteiger partial charge in [0.25, 0.3) is 0 Å². The van der Waals surface area contributed by atoms with E-state index in [-0.39, 0.29) is 7.21 Å². The molecule has 1 nitrogen and oxygen atoms in total. The van der Waals surface area contributed by atoms with Gasteiger partial charge in [0, 0.05) is 19.0 Å². The van der Waals surface area contributed by atoms with E-state index >= 15 is 0 Å². The van der Waals surface area contributed by atoms with Crippen molar-refractivity contribution in [3.8, 4) is 11.8 Å². The van der Waals surface area contributed by atoms with E-state index in [9.17, 15) is 4.79 Å². The average molecular weight is 485 g/mol. The quantitative estimate of drug-likeness (QED) is 0.207. The zero-order chi connectivity index (χ0) is 26.5. The van der Waals surface area contributed by atoms with Crippen LogP contribution in [-0.2, 0) is 19.3 Å². The molecule has 2 aromatic carbocycles. The van der Waals surface area contributed by atoms with Crippen LogP contribution in [0.25, 0.3) is 0 Å². The van der Waals surface area contributed by atoms with Crippen LogP contribution >= 0.6 is 0 Å². The van der Waals surface area contributed by atoms with E-state index in [4.69, 9.17) is 0 Å². The summed E-state index contributed by atoms with van der Waals surface area (Å²) in [5.41, 5.74) is 7.58. The molecule has 0 heterocycles. The predicted octanol–water partition coefficient (Wildman–Crippen LogP) is 9.50. The van der Waals surface area contributed by atoms with Crippen LogP contribution in [0, 0.1) is 30.6 Å². The lowest BCUT2D eigenvalue weighted by atomic mass is 9.79. The number of carbonyl (C=O) groups excluding carboxylic acids is 1. The van der Waals surface area contributed by atoms with Gasteiger partial charge in [-0.05, 0) is 91.7 Å². The molecule has 3 rings (SSSR count). The topological polar surface area (TPSA) is 17.1 Å². The van der Waals surface area contributed by atoms with Gasteiger partial charge in [-0.1, -0.05) is 101 Å². The number of rotatable bonds is 8. The molecule has 0 spiro atoms. The Morgan fingerprint density at radius 3 is 2.47 bits per heavy atom. The second-order valence-corrected chi connectivity index (χ2v) is 10.0. The number of ketones is 1. The summed E-state index contributed by atoms with van der Waals surface area (Å²) in [5, 5.41) is 0. The summed E-state index contributed by atoms with van der Waals surface area (Å²) in [6.07, 6.45) is 12.9. The minimum atomic E-state index is 0. The summed E-state index contributed by atoms with van der Waals surface area (Å²) in [7, 11) is 0. The van der Waals surface area contributed by atoms with Crippen molar-refractivity contribution >= 4 is 5.78 Å². The van der Waals surface area contributed by atoms with Gasteiger partial charge in [0.1, 0.15) is 0 Å². The second-order valence-electron chi connectivity index (χ2n) is 10.0. The Kier molecular flexibility index (Phi) is 12.5. The van der Waals surface area contributed by atoms with Crippen LogP contribution in [0.3, 0.4) is 0 Å². The molecule has 194 valence electrons. The van der Waals surface area contributed by atoms with Crippen molar-refractivity contribution in [2.75, 3.05) is 0 Å². The van der Waals surface area contributed by atoms with E-state index in [1.807, 2.05) is 52.0 Å². The lowest BCUT2D eigenvalue weighted by Gasteiger charge is -2.27. The molecule has 2 aromatic rings. The number of carbonyl (C=O) groups is 1. The third-order valence-electron chi connectivity index (χ3n) is 7.19. The molecule has 0 amide bonds. The summed E-state index contributed by atoms with van der Waals surface area (Å²) < 4.78 is 0. The summed E-state index contributed by atoms with van der Waals surface area (Å²) in [6, 6.07) is 12.6. The monoisotopic (exact) mass is 484 g/mol. The van der Waals surface area contributed by atoms with Crippen molar-refractivity contribution in [2.24, 2.45) is 11.8 Å². The molecule has 1 aliphatic carbocycles. The fraction of sp³-hybridized carbons (Fsp3) is 0.457. The maximum atomic E-state index is 13.1. The van der Waals surface area contributed by atoms with E-state index < -0.39 is 0 Å². The van der Waals surface area contributed by atoms with E-state index in [1.54, 1.807) is 0 Å². The number of benzene rings is 2. The largest absolute Gasteiger partial charge is 0.294 e. The molecule has 0 bridgehead atoms. The van der Waals surface area contributed by atoms with Gasteiger partial charge in [-0.3, -0.25) is 4.79 Å². The Balaban J connectivity index is 0.00000223. The molecular weight excluding hydrogens is 436 g/mol. The maximum absolute atomic E-state index is 13.1. The summed E-state index contributed by atoms with van der Waals surface area (Å²) in [4.78, 5) is 13.1. The van der Waals surface area contributed by atoms with Crippen molar-refractivity contribution in [3.63, 3.8) is 0 Å². The maximum Gasteiger partial charge on any atom is 0.167 e. The van der Waals surface area contributed by atoms with Gasteiger partial charge in [-0.2, -0.15) is 0 Å². The molecule has 1 saturated carbocycles. The summed E-state index contributed by atoms with van der Waals surface area (Å²) in [6.45, 7) is 16.7. The van der Waals surface area contributed by atoms with Crippen LogP contribution in [0.1, 0.15) is 106 Å². The fourth-order valence-electron chi connectivity index (χ4n) is 4.85. The standard InChI is InChI=1S/C33H40O.C2H6.H2/c1-6-8-9-24(3)12-17-30-23-32(18-13-26(30)5)33(34)22-28-16-19-31(29(7-2)21-28)20-27-14-10-25(4)11-15-27;1-2;/h6,8,13,16,18-19,21,23,25,27H,3,7,9-11,14-15,20,22H2,1-2,4-5H3;1-2H3;1H/b8-6-;;. The molecular formula is C35H48O. The number of hydrogen-bond acceptors (Lipinski definition) is 1. The van der Waals surface area contributed by atoms with Gasteiger partial charge < -0.3 is 0 Å². The second kappa shape index (κ2) is 15.3. The minimum Gasteiger partial charge on any atom is -0.294 e. The van der Waals surface area contributed by atoms with E-state index in [0.717, 1.165) is 52.5 Å². The Hall–Kier alpha value is -2.85. The van der Waals surface area contributed by atoms with Crippen molar-refractivity contribution < 1.29 is 6.22 Å². The first-order chi connectivity index (χ1) is 17.4. The van der Waals surface area contributed by atoms with Crippen molar-refractivity contribution in [3.05, 3.63) is 94.1 Å². The molecule has 0 atom stereocenters. The highest BCUT2D eigenvalue weighted by Gasteiger charge is 2.19. The first-order valence-electron chi connectivity index (χ1n) is 13.9. The van der Waals surface area contributed by atoms with E-state index in [0.29, 0.717) is 6.42 Å². The van der Waals surface area contributed by atoms with Crippen molar-refractivity contribution in [1.29, 1.82) is 0 Å². The molecule has 36 heavy (non-hydrogen) atoms. The van der Waals surface area contributed by atoms with Gasteiger partial charge in [-0.15, -0.1) is 0 Å². The lowest BCUT2D eigenvalue weighted by molar-refractivity contribution is 0.0993. The highest BCUT2D eigenvalue weighted by Crippen LogP contribution is 2.31. The van der Waals surface area contributed by atoms with Crippen LogP contribution in [0.5, 0.6) is 0 Å². The Morgan fingerprint density at radius 2 is 1.81 bits per heavy atom. The Labute approximate surface area is 222 Å². The fourth-order valence-corrected chi connectivity index (χ4v) is 4.85. The first-order valence-corrected chi connectivity index (χ1v) is 13.9. The van der Waals surface area contributed by atoms with Gasteiger partial charge in [0.05, 0.1) is 0 Å². The zero-order valence-corrected chi connectivity index (χ0v) is 23.5. The average Bonchev–Trinajstić information content (AvgIpc) is 2.90. The SMILES string of the molecule is C=C(C#Cc1cc(C(=O)Cc2ccc(CC3CCC(C)CC3)c(CC)c2)ccc1C)C/C=C\C.CC.[HH]. The molecule has 0 aromatic heterocycles. The summed E-state index contributed by atoms with van der Waals surface area (Å²) >= 11 is 0. The zero-order valence-electron chi connectivity index (χ0n) is 23.5. The third-order valence-corrected chi connectivity index (χ3v) is 7.19. The summed E-state index contributed by atoms with van der Waals surface area (Å²) in [5.74, 6) is 8.20. The van der Waals surface area contributed by atoms with Gasteiger partial charge in [0.15, 0.2) is 5.78 Å². The van der Waals surface area contributed by atoms with Crippen molar-refractivity contribution in [2.45, 2.75) is 92.9 Å². The van der Waals surface area contributed by atoms with E-state index in [2.05, 4.69) is 56.5 Å². The molecule has 1 fully saturated rings.